The van der Waals surface area contributed by atoms with Crippen LogP contribution in [-0.2, 0) is 0 Å². The largest absolute Gasteiger partial charge is 0.472 e. The van der Waals surface area contributed by atoms with E-state index in [1.54, 1.807) is 29.3 Å². The second kappa shape index (κ2) is 5.73. The summed E-state index contributed by atoms with van der Waals surface area (Å²) in [6.45, 7) is 1.30. The van der Waals surface area contributed by atoms with Crippen LogP contribution in [-0.4, -0.2) is 40.2 Å². The first-order chi connectivity index (χ1) is 9.83. The lowest BCUT2D eigenvalue weighted by Crippen LogP contribution is -2.44. The van der Waals surface area contributed by atoms with Crippen LogP contribution in [0.2, 0.25) is 0 Å². The topological polar surface area (TPSA) is 68.5 Å². The van der Waals surface area contributed by atoms with Gasteiger partial charge in [0, 0.05) is 18.8 Å². The maximum atomic E-state index is 12.2. The van der Waals surface area contributed by atoms with Crippen LogP contribution in [0, 0.1) is 0 Å². The van der Waals surface area contributed by atoms with Crippen molar-refractivity contribution in [3.8, 4) is 5.88 Å². The van der Waals surface area contributed by atoms with Crippen molar-refractivity contribution in [1.82, 2.24) is 15.1 Å². The number of aromatic nitrogens is 2. The standard InChI is InChI=1S/C14H15N3O3/c18-14(11-5-8-19-10-11)17-7-2-3-12(9-17)20-13-4-1-6-15-16-13/h1,4-6,8,10,12H,2-3,7,9H2/t12-/m0/s1. The summed E-state index contributed by atoms with van der Waals surface area (Å²) in [4.78, 5) is 14.0. The van der Waals surface area contributed by atoms with Crippen molar-refractivity contribution in [1.29, 1.82) is 0 Å². The highest BCUT2D eigenvalue weighted by Gasteiger charge is 2.26. The Morgan fingerprint density at radius 3 is 3.15 bits per heavy atom. The lowest BCUT2D eigenvalue weighted by molar-refractivity contribution is 0.0525. The highest BCUT2D eigenvalue weighted by molar-refractivity contribution is 5.93. The number of rotatable bonds is 3. The van der Waals surface area contributed by atoms with Crippen LogP contribution in [0.25, 0.3) is 0 Å². The minimum absolute atomic E-state index is 0.0220. The molecule has 2 aromatic heterocycles. The van der Waals surface area contributed by atoms with E-state index in [1.165, 1.54) is 12.5 Å². The van der Waals surface area contributed by atoms with Gasteiger partial charge in [0.15, 0.2) is 0 Å². The van der Waals surface area contributed by atoms with Crippen molar-refractivity contribution >= 4 is 5.91 Å². The molecule has 0 bridgehead atoms. The molecule has 0 aliphatic carbocycles. The zero-order valence-corrected chi connectivity index (χ0v) is 10.9. The number of furan rings is 1. The number of carbonyl (C=O) groups is 1. The second-order valence-corrected chi connectivity index (χ2v) is 4.71. The maximum absolute atomic E-state index is 12.2. The number of nitrogens with zero attached hydrogens (tertiary/aromatic N) is 3. The van der Waals surface area contributed by atoms with E-state index in [0.29, 0.717) is 18.0 Å². The average molecular weight is 273 g/mol. The van der Waals surface area contributed by atoms with Crippen molar-refractivity contribution in [2.45, 2.75) is 18.9 Å². The van der Waals surface area contributed by atoms with Crippen LogP contribution in [0.4, 0.5) is 0 Å². The van der Waals surface area contributed by atoms with E-state index < -0.39 is 0 Å². The van der Waals surface area contributed by atoms with Gasteiger partial charge in [-0.1, -0.05) is 0 Å². The SMILES string of the molecule is O=C(c1ccoc1)N1CCC[C@H](Oc2cccnn2)C1. The maximum Gasteiger partial charge on any atom is 0.257 e. The van der Waals surface area contributed by atoms with Crippen LogP contribution < -0.4 is 4.74 Å². The Hall–Kier alpha value is -2.37. The first kappa shape index (κ1) is 12.7. The minimum Gasteiger partial charge on any atom is -0.472 e. The molecule has 0 aromatic carbocycles. The average Bonchev–Trinajstić information content (AvgIpc) is 3.02. The van der Waals surface area contributed by atoms with Gasteiger partial charge in [-0.05, 0) is 25.0 Å². The van der Waals surface area contributed by atoms with Crippen molar-refractivity contribution in [3.05, 3.63) is 42.5 Å². The van der Waals surface area contributed by atoms with Crippen LogP contribution >= 0.6 is 0 Å². The van der Waals surface area contributed by atoms with Gasteiger partial charge in [-0.25, -0.2) is 0 Å². The van der Waals surface area contributed by atoms with Gasteiger partial charge < -0.3 is 14.1 Å². The number of hydrogen-bond acceptors (Lipinski definition) is 5. The summed E-state index contributed by atoms with van der Waals surface area (Å²) >= 11 is 0. The van der Waals surface area contributed by atoms with Gasteiger partial charge in [0.25, 0.3) is 5.91 Å². The molecule has 1 amide bonds. The molecular weight excluding hydrogens is 258 g/mol. The molecule has 1 aliphatic rings. The fraction of sp³-hybridized carbons (Fsp3) is 0.357. The Kier molecular flexibility index (Phi) is 3.62. The number of hydrogen-bond donors (Lipinski definition) is 0. The summed E-state index contributed by atoms with van der Waals surface area (Å²) in [6, 6.07) is 5.22. The Morgan fingerprint density at radius 2 is 2.40 bits per heavy atom. The smallest absolute Gasteiger partial charge is 0.257 e. The second-order valence-electron chi connectivity index (χ2n) is 4.71. The van der Waals surface area contributed by atoms with E-state index in [2.05, 4.69) is 10.2 Å². The molecule has 1 aliphatic heterocycles. The fourth-order valence-corrected chi connectivity index (χ4v) is 2.31. The van der Waals surface area contributed by atoms with E-state index in [9.17, 15) is 4.79 Å². The normalized spacial score (nSPS) is 18.8. The van der Waals surface area contributed by atoms with E-state index in [4.69, 9.17) is 9.15 Å². The van der Waals surface area contributed by atoms with Gasteiger partial charge in [0.05, 0.1) is 18.4 Å². The molecule has 3 heterocycles. The number of likely N-dealkylation sites (tertiary alicyclic amines) is 1. The third-order valence-electron chi connectivity index (χ3n) is 3.27. The lowest BCUT2D eigenvalue weighted by Gasteiger charge is -2.32. The molecule has 20 heavy (non-hydrogen) atoms. The fourth-order valence-electron chi connectivity index (χ4n) is 2.31. The lowest BCUT2D eigenvalue weighted by atomic mass is 10.1. The zero-order chi connectivity index (χ0) is 13.8. The molecule has 0 saturated carbocycles. The molecule has 1 saturated heterocycles. The predicted octanol–water partition coefficient (Wildman–Crippen LogP) is 1.75. The summed E-state index contributed by atoms with van der Waals surface area (Å²) in [5, 5.41) is 7.68. The first-order valence-corrected chi connectivity index (χ1v) is 6.59. The molecule has 0 radical (unpaired) electrons. The van der Waals surface area contributed by atoms with Crippen molar-refractivity contribution in [2.75, 3.05) is 13.1 Å². The number of piperidine rings is 1. The highest BCUT2D eigenvalue weighted by atomic mass is 16.5. The van der Waals surface area contributed by atoms with E-state index >= 15 is 0 Å². The van der Waals surface area contributed by atoms with E-state index in [0.717, 1.165) is 19.4 Å². The molecule has 6 heteroatoms. The Morgan fingerprint density at radius 1 is 1.45 bits per heavy atom. The quantitative estimate of drug-likeness (QED) is 0.852. The summed E-state index contributed by atoms with van der Waals surface area (Å²) < 4.78 is 10.7. The first-order valence-electron chi connectivity index (χ1n) is 6.59. The van der Waals surface area contributed by atoms with Gasteiger partial charge in [-0.3, -0.25) is 4.79 Å². The van der Waals surface area contributed by atoms with Gasteiger partial charge in [0.1, 0.15) is 12.4 Å². The van der Waals surface area contributed by atoms with Gasteiger partial charge in [0.2, 0.25) is 5.88 Å². The number of ether oxygens (including phenoxy) is 1. The molecule has 1 atom stereocenters. The minimum atomic E-state index is -0.0451. The van der Waals surface area contributed by atoms with Crippen LogP contribution in [0.5, 0.6) is 5.88 Å². The van der Waals surface area contributed by atoms with Crippen LogP contribution in [0.15, 0.2) is 41.3 Å². The zero-order valence-electron chi connectivity index (χ0n) is 10.9. The van der Waals surface area contributed by atoms with Crippen molar-refractivity contribution in [3.63, 3.8) is 0 Å². The summed E-state index contributed by atoms with van der Waals surface area (Å²) in [6.07, 6.45) is 6.35. The van der Waals surface area contributed by atoms with Gasteiger partial charge >= 0.3 is 0 Å². The summed E-state index contributed by atoms with van der Waals surface area (Å²) in [5.74, 6) is 0.473. The Bertz CT molecular complexity index is 556. The molecule has 0 N–H and O–H groups in total. The van der Waals surface area contributed by atoms with E-state index in [-0.39, 0.29) is 12.0 Å². The molecule has 6 nitrogen and oxygen atoms in total. The molecule has 1 fully saturated rings. The van der Waals surface area contributed by atoms with Crippen molar-refractivity contribution in [2.24, 2.45) is 0 Å². The molecule has 2 aromatic rings. The van der Waals surface area contributed by atoms with Crippen LogP contribution in [0.3, 0.4) is 0 Å². The molecule has 0 spiro atoms. The third-order valence-corrected chi connectivity index (χ3v) is 3.27. The number of amides is 1. The third kappa shape index (κ3) is 2.79. The van der Waals surface area contributed by atoms with Crippen molar-refractivity contribution < 1.29 is 13.9 Å². The summed E-state index contributed by atoms with van der Waals surface area (Å²) in [7, 11) is 0. The van der Waals surface area contributed by atoms with Gasteiger partial charge in [-0.15, -0.1) is 5.10 Å². The highest BCUT2D eigenvalue weighted by Crippen LogP contribution is 2.18. The Labute approximate surface area is 116 Å². The summed E-state index contributed by atoms with van der Waals surface area (Å²) in [5.41, 5.74) is 0.574. The van der Waals surface area contributed by atoms with E-state index in [1.807, 2.05) is 0 Å². The van der Waals surface area contributed by atoms with Gasteiger partial charge in [-0.2, -0.15) is 5.10 Å². The van der Waals surface area contributed by atoms with Crippen LogP contribution in [0.1, 0.15) is 23.2 Å². The Balaban J connectivity index is 1.63. The molecule has 3 rings (SSSR count). The molecule has 0 unspecified atom stereocenters. The molecular formula is C14H15N3O3. The molecule has 104 valence electrons. The monoisotopic (exact) mass is 273 g/mol. The predicted molar refractivity (Wildman–Crippen MR) is 70.3 cm³/mol. The number of carbonyl (C=O) groups excluding carboxylic acids is 1.